The Morgan fingerprint density at radius 1 is 0.971 bits per heavy atom. The zero-order chi connectivity index (χ0) is 23.9. The minimum atomic E-state index is -0.486. The molecule has 1 heterocycles. The number of amides is 2. The fourth-order valence-electron chi connectivity index (χ4n) is 3.57. The molecule has 0 aliphatic carbocycles. The summed E-state index contributed by atoms with van der Waals surface area (Å²) in [6.45, 7) is 2.38. The molecule has 0 spiro atoms. The van der Waals surface area contributed by atoms with E-state index in [1.807, 2.05) is 66.9 Å². The van der Waals surface area contributed by atoms with Crippen LogP contribution in [-0.2, 0) is 11.3 Å². The van der Waals surface area contributed by atoms with E-state index in [0.717, 1.165) is 27.4 Å². The van der Waals surface area contributed by atoms with Gasteiger partial charge in [0.25, 0.3) is 5.91 Å². The molecule has 2 amide bonds. The Morgan fingerprint density at radius 2 is 1.68 bits per heavy atom. The fourth-order valence-corrected chi connectivity index (χ4v) is 4.41. The molecule has 172 valence electrons. The van der Waals surface area contributed by atoms with Gasteiger partial charge in [0.2, 0.25) is 5.91 Å². The summed E-state index contributed by atoms with van der Waals surface area (Å²) >= 11 is 7.80. The molecule has 2 N–H and O–H groups in total. The lowest BCUT2D eigenvalue weighted by atomic mass is 10.0. The first-order chi connectivity index (χ1) is 16.5. The maximum absolute atomic E-state index is 12.8. The Bertz CT molecular complexity index is 1270. The molecule has 0 saturated carbocycles. The van der Waals surface area contributed by atoms with E-state index < -0.39 is 6.04 Å². The van der Waals surface area contributed by atoms with Crippen LogP contribution in [0, 0.1) is 6.92 Å². The predicted octanol–water partition coefficient (Wildman–Crippen LogP) is 5.95. The first kappa shape index (κ1) is 23.7. The molecule has 1 aromatic heterocycles. The van der Waals surface area contributed by atoms with Gasteiger partial charge in [-0.15, -0.1) is 11.3 Å². The average molecular weight is 490 g/mol. The molecular weight excluding hydrogens is 466 g/mol. The Labute approximate surface area is 207 Å². The van der Waals surface area contributed by atoms with Gasteiger partial charge >= 0.3 is 0 Å². The van der Waals surface area contributed by atoms with Gasteiger partial charge in [-0.3, -0.25) is 9.59 Å². The first-order valence-electron chi connectivity index (χ1n) is 10.9. The molecule has 1 unspecified atom stereocenters. The molecule has 0 radical (unpaired) electrons. The van der Waals surface area contributed by atoms with E-state index in [-0.39, 0.29) is 18.2 Å². The largest absolute Gasteiger partial charge is 0.352 e. The Hall–Kier alpha value is -3.48. The lowest BCUT2D eigenvalue weighted by Crippen LogP contribution is -2.33. The molecule has 4 aromatic rings. The van der Waals surface area contributed by atoms with Crippen LogP contribution < -0.4 is 10.6 Å². The predicted molar refractivity (Wildman–Crippen MR) is 137 cm³/mol. The molecule has 0 aliphatic rings. The second-order valence-electron chi connectivity index (χ2n) is 7.85. The van der Waals surface area contributed by atoms with Crippen LogP contribution in [-0.4, -0.2) is 16.8 Å². The van der Waals surface area contributed by atoms with Crippen LogP contribution >= 0.6 is 22.9 Å². The first-order valence-corrected chi connectivity index (χ1v) is 12.1. The van der Waals surface area contributed by atoms with Crippen molar-refractivity contribution in [2.24, 2.45) is 0 Å². The maximum atomic E-state index is 12.8. The van der Waals surface area contributed by atoms with Gasteiger partial charge in [0, 0.05) is 17.5 Å². The van der Waals surface area contributed by atoms with Crippen molar-refractivity contribution in [2.45, 2.75) is 25.9 Å². The van der Waals surface area contributed by atoms with Gasteiger partial charge in [0.15, 0.2) is 0 Å². The topological polar surface area (TPSA) is 71.1 Å². The standard InChI is InChI=1S/C27H24ClN3O2S/c1-18-30-25(17-34-18)21-13-11-19(12-14-21)16-29-26(32)15-24(20-7-3-2-4-8-20)31-27(33)22-9-5-6-10-23(22)28/h2-14,17,24H,15-16H2,1H3,(H,29,32)(H,31,33). The molecule has 0 bridgehead atoms. The number of thiazole rings is 1. The van der Waals surface area contributed by atoms with Gasteiger partial charge in [0.1, 0.15) is 0 Å². The number of benzene rings is 3. The van der Waals surface area contributed by atoms with Crippen molar-refractivity contribution in [3.63, 3.8) is 0 Å². The van der Waals surface area contributed by atoms with E-state index in [4.69, 9.17) is 11.6 Å². The molecule has 3 aromatic carbocycles. The molecule has 5 nitrogen and oxygen atoms in total. The van der Waals surface area contributed by atoms with Crippen molar-refractivity contribution in [1.82, 2.24) is 15.6 Å². The number of aryl methyl sites for hydroxylation is 1. The normalized spacial score (nSPS) is 11.6. The van der Waals surface area contributed by atoms with Crippen molar-refractivity contribution in [1.29, 1.82) is 0 Å². The monoisotopic (exact) mass is 489 g/mol. The van der Waals surface area contributed by atoms with Crippen LogP contribution in [0.3, 0.4) is 0 Å². The van der Waals surface area contributed by atoms with Crippen LogP contribution in [0.5, 0.6) is 0 Å². The summed E-state index contributed by atoms with van der Waals surface area (Å²) in [6.07, 6.45) is 0.108. The van der Waals surface area contributed by atoms with Gasteiger partial charge in [-0.25, -0.2) is 4.98 Å². The lowest BCUT2D eigenvalue weighted by molar-refractivity contribution is -0.121. The second kappa shape index (κ2) is 11.1. The summed E-state index contributed by atoms with van der Waals surface area (Å²) in [7, 11) is 0. The van der Waals surface area contributed by atoms with Crippen LogP contribution in [0.4, 0.5) is 0 Å². The van der Waals surface area contributed by atoms with Gasteiger partial charge in [-0.1, -0.05) is 78.3 Å². The summed E-state index contributed by atoms with van der Waals surface area (Å²) < 4.78 is 0. The number of aromatic nitrogens is 1. The third kappa shape index (κ3) is 6.10. The Kier molecular flexibility index (Phi) is 7.72. The van der Waals surface area contributed by atoms with Crippen LogP contribution in [0.1, 0.15) is 39.0 Å². The Balaban J connectivity index is 1.39. The van der Waals surface area contributed by atoms with E-state index in [1.165, 1.54) is 0 Å². The molecule has 7 heteroatoms. The summed E-state index contributed by atoms with van der Waals surface area (Å²) in [5.74, 6) is -0.479. The highest BCUT2D eigenvalue weighted by molar-refractivity contribution is 7.09. The summed E-state index contributed by atoms with van der Waals surface area (Å²) in [4.78, 5) is 30.1. The van der Waals surface area contributed by atoms with E-state index in [2.05, 4.69) is 15.6 Å². The van der Waals surface area contributed by atoms with Crippen LogP contribution in [0.25, 0.3) is 11.3 Å². The van der Waals surface area contributed by atoms with Gasteiger partial charge < -0.3 is 10.6 Å². The maximum Gasteiger partial charge on any atom is 0.253 e. The third-order valence-corrected chi connectivity index (χ3v) is 6.48. The van der Waals surface area contributed by atoms with Crippen molar-refractivity contribution < 1.29 is 9.59 Å². The lowest BCUT2D eigenvalue weighted by Gasteiger charge is -2.19. The number of rotatable bonds is 8. The van der Waals surface area contributed by atoms with Crippen molar-refractivity contribution in [2.75, 3.05) is 0 Å². The zero-order valence-electron chi connectivity index (χ0n) is 18.6. The molecule has 1 atom stereocenters. The number of carbonyl (C=O) groups excluding carboxylic acids is 2. The van der Waals surface area contributed by atoms with Gasteiger partial charge in [0.05, 0.1) is 33.8 Å². The number of hydrogen-bond donors (Lipinski definition) is 2. The number of hydrogen-bond acceptors (Lipinski definition) is 4. The van der Waals surface area contributed by atoms with Crippen molar-refractivity contribution in [3.8, 4) is 11.3 Å². The number of carbonyl (C=O) groups is 2. The molecule has 4 rings (SSSR count). The van der Waals surface area contributed by atoms with Crippen LogP contribution in [0.15, 0.2) is 84.2 Å². The molecular formula is C27H24ClN3O2S. The van der Waals surface area contributed by atoms with E-state index in [1.54, 1.807) is 35.6 Å². The summed E-state index contributed by atoms with van der Waals surface area (Å²) in [5.41, 5.74) is 4.21. The molecule has 0 saturated heterocycles. The molecule has 34 heavy (non-hydrogen) atoms. The van der Waals surface area contributed by atoms with Crippen molar-refractivity contribution >= 4 is 34.8 Å². The summed E-state index contributed by atoms with van der Waals surface area (Å²) in [6, 6.07) is 23.8. The highest BCUT2D eigenvalue weighted by Gasteiger charge is 2.20. The smallest absolute Gasteiger partial charge is 0.253 e. The molecule has 0 aliphatic heterocycles. The van der Waals surface area contributed by atoms with Crippen molar-refractivity contribution in [3.05, 3.63) is 111 Å². The highest BCUT2D eigenvalue weighted by Crippen LogP contribution is 2.22. The number of halogens is 1. The number of nitrogens with one attached hydrogen (secondary N) is 2. The minimum absolute atomic E-state index is 0.108. The molecule has 0 fully saturated rings. The Morgan fingerprint density at radius 3 is 2.35 bits per heavy atom. The van der Waals surface area contributed by atoms with Crippen LogP contribution in [0.2, 0.25) is 5.02 Å². The van der Waals surface area contributed by atoms with E-state index in [0.29, 0.717) is 17.1 Å². The SMILES string of the molecule is Cc1nc(-c2ccc(CNC(=O)CC(NC(=O)c3ccccc3Cl)c3ccccc3)cc2)cs1. The quantitative estimate of drug-likeness (QED) is 0.321. The number of nitrogens with zero attached hydrogens (tertiary/aromatic N) is 1. The van der Waals surface area contributed by atoms with E-state index in [9.17, 15) is 9.59 Å². The third-order valence-electron chi connectivity index (χ3n) is 5.37. The summed E-state index contributed by atoms with van der Waals surface area (Å²) in [5, 5.41) is 9.35. The average Bonchev–Trinajstić information content (AvgIpc) is 3.29. The van der Waals surface area contributed by atoms with Gasteiger partial charge in [-0.2, -0.15) is 0 Å². The minimum Gasteiger partial charge on any atom is -0.352 e. The van der Waals surface area contributed by atoms with E-state index >= 15 is 0 Å². The fraction of sp³-hybridized carbons (Fsp3) is 0.148. The highest BCUT2D eigenvalue weighted by atomic mass is 35.5. The van der Waals surface area contributed by atoms with Gasteiger partial charge in [-0.05, 0) is 30.2 Å². The zero-order valence-corrected chi connectivity index (χ0v) is 20.2. The second-order valence-corrected chi connectivity index (χ2v) is 9.32.